The molecule has 1 aromatic carbocycles. The van der Waals surface area contributed by atoms with Gasteiger partial charge in [-0.1, -0.05) is 13.8 Å². The topological polar surface area (TPSA) is 38.3 Å². The number of thioether (sulfide) groups is 1. The van der Waals surface area contributed by atoms with Crippen molar-refractivity contribution in [1.29, 1.82) is 0 Å². The summed E-state index contributed by atoms with van der Waals surface area (Å²) < 4.78 is 18.5. The first-order valence-corrected chi connectivity index (χ1v) is 7.79. The van der Waals surface area contributed by atoms with E-state index in [2.05, 4.69) is 23.9 Å². The number of hydrogen-bond donors (Lipinski definition) is 1. The molecule has 1 atom stereocenters. The number of esters is 1. The van der Waals surface area contributed by atoms with E-state index in [-0.39, 0.29) is 17.3 Å². The molecule has 1 heterocycles. The first-order valence-electron chi connectivity index (χ1n) is 6.63. The lowest BCUT2D eigenvalue weighted by molar-refractivity contribution is 0.0600. The van der Waals surface area contributed by atoms with E-state index in [1.54, 1.807) is 0 Å². The summed E-state index contributed by atoms with van der Waals surface area (Å²) in [5.74, 6) is 1.28. The van der Waals surface area contributed by atoms with Crippen molar-refractivity contribution in [2.45, 2.75) is 26.3 Å². The molecule has 0 saturated carbocycles. The van der Waals surface area contributed by atoms with E-state index in [1.165, 1.54) is 25.3 Å². The maximum absolute atomic E-state index is 13.9. The Morgan fingerprint density at radius 2 is 2.25 bits per heavy atom. The first-order chi connectivity index (χ1) is 9.41. The molecular weight excluding hydrogens is 277 g/mol. The van der Waals surface area contributed by atoms with Crippen LogP contribution in [-0.2, 0) is 4.74 Å². The zero-order valence-corrected chi connectivity index (χ0v) is 12.8. The van der Waals surface area contributed by atoms with E-state index in [9.17, 15) is 9.18 Å². The van der Waals surface area contributed by atoms with Gasteiger partial charge in [0.15, 0.2) is 0 Å². The van der Waals surface area contributed by atoms with Gasteiger partial charge >= 0.3 is 5.97 Å². The van der Waals surface area contributed by atoms with Crippen LogP contribution in [0.4, 0.5) is 10.1 Å². The van der Waals surface area contributed by atoms with Crippen molar-refractivity contribution in [3.8, 4) is 0 Å². The Kier molecular flexibility index (Phi) is 4.58. The molecule has 0 spiro atoms. The van der Waals surface area contributed by atoms with Crippen LogP contribution >= 0.6 is 11.8 Å². The Morgan fingerprint density at radius 1 is 1.50 bits per heavy atom. The quantitative estimate of drug-likeness (QED) is 0.866. The van der Waals surface area contributed by atoms with Crippen LogP contribution < -0.4 is 5.32 Å². The van der Waals surface area contributed by atoms with Crippen LogP contribution in [0.2, 0.25) is 0 Å². The number of hydrogen-bond acceptors (Lipinski definition) is 4. The molecule has 110 valence electrons. The van der Waals surface area contributed by atoms with E-state index >= 15 is 0 Å². The molecule has 0 aromatic heterocycles. The van der Waals surface area contributed by atoms with Gasteiger partial charge in [-0.2, -0.15) is 11.8 Å². The fraction of sp³-hybridized carbons (Fsp3) is 0.533. The molecule has 0 aliphatic carbocycles. The molecule has 0 amide bonds. The second-order valence-electron chi connectivity index (χ2n) is 5.91. The summed E-state index contributed by atoms with van der Waals surface area (Å²) in [4.78, 5) is 11.5. The van der Waals surface area contributed by atoms with Crippen molar-refractivity contribution in [3.63, 3.8) is 0 Å². The number of carbonyl (C=O) groups excluding carboxylic acids is 1. The second kappa shape index (κ2) is 6.04. The Labute approximate surface area is 123 Å². The van der Waals surface area contributed by atoms with Gasteiger partial charge in [-0.3, -0.25) is 0 Å². The maximum atomic E-state index is 13.9. The predicted octanol–water partition coefficient (Wildman–Crippen LogP) is 3.56. The number of rotatable bonds is 3. The zero-order chi connectivity index (χ0) is 14.8. The van der Waals surface area contributed by atoms with Crippen LogP contribution in [-0.4, -0.2) is 30.6 Å². The van der Waals surface area contributed by atoms with Crippen LogP contribution in [0, 0.1) is 11.2 Å². The molecule has 1 N–H and O–H groups in total. The highest BCUT2D eigenvalue weighted by atomic mass is 32.2. The summed E-state index contributed by atoms with van der Waals surface area (Å²) in [6.07, 6.45) is 0.988. The molecule has 1 unspecified atom stereocenters. The molecule has 1 fully saturated rings. The number of benzene rings is 1. The highest BCUT2D eigenvalue weighted by Gasteiger charge is 2.28. The first kappa shape index (κ1) is 15.2. The Bertz CT molecular complexity index is 505. The summed E-state index contributed by atoms with van der Waals surface area (Å²) in [5, 5.41) is 3.22. The third-order valence-electron chi connectivity index (χ3n) is 3.36. The summed E-state index contributed by atoms with van der Waals surface area (Å²) in [7, 11) is 1.32. The Balaban J connectivity index is 2.14. The minimum Gasteiger partial charge on any atom is -0.465 e. The fourth-order valence-corrected chi connectivity index (χ4v) is 3.73. The molecule has 0 bridgehead atoms. The molecule has 2 rings (SSSR count). The minimum atomic E-state index is -0.452. The molecule has 1 saturated heterocycles. The monoisotopic (exact) mass is 297 g/mol. The second-order valence-corrected chi connectivity index (χ2v) is 6.94. The van der Waals surface area contributed by atoms with E-state index in [1.807, 2.05) is 11.8 Å². The number of carbonyl (C=O) groups is 1. The standard InChI is InChI=1S/C15H20FNO2S/c1-15(2)7-11(8-20-9-15)17-13-6-10(14(18)19-3)4-5-12(13)16/h4-6,11,17H,7-9H2,1-3H3. The van der Waals surface area contributed by atoms with Crippen LogP contribution in [0.1, 0.15) is 30.6 Å². The molecular formula is C15H20FNO2S. The Morgan fingerprint density at radius 3 is 2.90 bits per heavy atom. The van der Waals surface area contributed by atoms with Crippen LogP contribution in [0.15, 0.2) is 18.2 Å². The van der Waals surface area contributed by atoms with Crippen molar-refractivity contribution in [2.75, 3.05) is 23.9 Å². The average molecular weight is 297 g/mol. The largest absolute Gasteiger partial charge is 0.465 e. The van der Waals surface area contributed by atoms with Crippen molar-refractivity contribution >= 4 is 23.4 Å². The van der Waals surface area contributed by atoms with Crippen molar-refractivity contribution in [1.82, 2.24) is 0 Å². The number of anilines is 1. The summed E-state index contributed by atoms with van der Waals surface area (Å²) >= 11 is 1.87. The van der Waals surface area contributed by atoms with Gasteiger partial charge in [0.05, 0.1) is 18.4 Å². The van der Waals surface area contributed by atoms with Crippen molar-refractivity contribution in [2.24, 2.45) is 5.41 Å². The SMILES string of the molecule is COC(=O)c1ccc(F)c(NC2CSCC(C)(C)C2)c1. The lowest BCUT2D eigenvalue weighted by atomic mass is 9.87. The van der Waals surface area contributed by atoms with Gasteiger partial charge in [0.25, 0.3) is 0 Å². The third-order valence-corrected chi connectivity index (χ3v) is 4.98. The normalized spacial score (nSPS) is 21.3. The van der Waals surface area contributed by atoms with Crippen LogP contribution in [0.3, 0.4) is 0 Å². The number of methoxy groups -OCH3 is 1. The average Bonchev–Trinajstić information content (AvgIpc) is 2.39. The highest BCUT2D eigenvalue weighted by molar-refractivity contribution is 7.99. The zero-order valence-electron chi connectivity index (χ0n) is 12.0. The highest BCUT2D eigenvalue weighted by Crippen LogP contribution is 2.35. The van der Waals surface area contributed by atoms with E-state index in [0.29, 0.717) is 11.3 Å². The Hall–Kier alpha value is -1.23. The van der Waals surface area contributed by atoms with Crippen molar-refractivity contribution < 1.29 is 13.9 Å². The molecule has 5 heteroatoms. The van der Waals surface area contributed by atoms with E-state index < -0.39 is 5.97 Å². The number of nitrogens with one attached hydrogen (secondary N) is 1. The van der Waals surface area contributed by atoms with Crippen LogP contribution in [0.5, 0.6) is 0 Å². The molecule has 1 aliphatic rings. The summed E-state index contributed by atoms with van der Waals surface area (Å²) in [5.41, 5.74) is 0.979. The smallest absolute Gasteiger partial charge is 0.337 e. The summed E-state index contributed by atoms with van der Waals surface area (Å²) in [6, 6.07) is 4.47. The van der Waals surface area contributed by atoms with Gasteiger partial charge in [0, 0.05) is 11.8 Å². The van der Waals surface area contributed by atoms with Crippen molar-refractivity contribution in [3.05, 3.63) is 29.6 Å². The van der Waals surface area contributed by atoms with E-state index in [0.717, 1.165) is 17.9 Å². The van der Waals surface area contributed by atoms with Gasteiger partial charge in [-0.15, -0.1) is 0 Å². The molecule has 3 nitrogen and oxygen atoms in total. The molecule has 0 radical (unpaired) electrons. The van der Waals surface area contributed by atoms with Gasteiger partial charge in [0.2, 0.25) is 0 Å². The molecule has 20 heavy (non-hydrogen) atoms. The number of ether oxygens (including phenoxy) is 1. The minimum absolute atomic E-state index is 0.214. The molecule has 1 aliphatic heterocycles. The maximum Gasteiger partial charge on any atom is 0.337 e. The van der Waals surface area contributed by atoms with E-state index in [4.69, 9.17) is 0 Å². The van der Waals surface area contributed by atoms with Gasteiger partial charge in [-0.25, -0.2) is 9.18 Å². The third kappa shape index (κ3) is 3.66. The lowest BCUT2D eigenvalue weighted by Crippen LogP contribution is -2.35. The summed E-state index contributed by atoms with van der Waals surface area (Å²) in [6.45, 7) is 4.43. The molecule has 1 aromatic rings. The van der Waals surface area contributed by atoms with Gasteiger partial charge < -0.3 is 10.1 Å². The van der Waals surface area contributed by atoms with Crippen LogP contribution in [0.25, 0.3) is 0 Å². The lowest BCUT2D eigenvalue weighted by Gasteiger charge is -2.35. The predicted molar refractivity (Wildman–Crippen MR) is 80.9 cm³/mol. The van der Waals surface area contributed by atoms with Gasteiger partial charge in [-0.05, 0) is 35.8 Å². The fourth-order valence-electron chi connectivity index (χ4n) is 2.46. The number of halogens is 1. The van der Waals surface area contributed by atoms with Gasteiger partial charge in [0.1, 0.15) is 5.82 Å².